The molecule has 1 aliphatic carbocycles. The first-order valence-corrected chi connectivity index (χ1v) is 11.5. The average molecular weight is 467 g/mol. The SMILES string of the molecule is O=C(CCCCCCC(=O)NC1CCc2cc(Br)ccc21)NOC1CCCCO1. The van der Waals surface area contributed by atoms with Crippen molar-refractivity contribution in [1.82, 2.24) is 10.8 Å². The second-order valence-corrected chi connectivity index (χ2v) is 8.77. The van der Waals surface area contributed by atoms with Crippen LogP contribution in [-0.4, -0.2) is 24.7 Å². The smallest absolute Gasteiger partial charge is 0.243 e. The molecule has 1 heterocycles. The van der Waals surface area contributed by atoms with Gasteiger partial charge < -0.3 is 10.1 Å². The van der Waals surface area contributed by atoms with Gasteiger partial charge in [0, 0.05) is 30.3 Å². The van der Waals surface area contributed by atoms with Gasteiger partial charge in [-0.2, -0.15) is 0 Å². The van der Waals surface area contributed by atoms with Gasteiger partial charge in [-0.25, -0.2) is 10.3 Å². The predicted molar refractivity (Wildman–Crippen MR) is 114 cm³/mol. The summed E-state index contributed by atoms with van der Waals surface area (Å²) in [7, 11) is 0. The quantitative estimate of drug-likeness (QED) is 0.393. The number of ether oxygens (including phenoxy) is 1. The maximum atomic E-state index is 12.2. The predicted octanol–water partition coefficient (Wildman–Crippen LogP) is 4.47. The molecule has 0 bridgehead atoms. The lowest BCUT2D eigenvalue weighted by molar-refractivity contribution is -0.200. The van der Waals surface area contributed by atoms with E-state index in [9.17, 15) is 9.59 Å². The van der Waals surface area contributed by atoms with Gasteiger partial charge in [-0.3, -0.25) is 9.59 Å². The molecule has 0 spiro atoms. The van der Waals surface area contributed by atoms with Crippen LogP contribution in [0.2, 0.25) is 0 Å². The van der Waals surface area contributed by atoms with E-state index in [1.165, 1.54) is 11.1 Å². The molecule has 2 atom stereocenters. The van der Waals surface area contributed by atoms with Crippen LogP contribution in [0, 0.1) is 0 Å². The van der Waals surface area contributed by atoms with Crippen LogP contribution in [-0.2, 0) is 25.6 Å². The molecule has 29 heavy (non-hydrogen) atoms. The average Bonchev–Trinajstić information content (AvgIpc) is 3.11. The van der Waals surface area contributed by atoms with Crippen LogP contribution in [0.15, 0.2) is 22.7 Å². The summed E-state index contributed by atoms with van der Waals surface area (Å²) in [4.78, 5) is 29.3. The van der Waals surface area contributed by atoms with E-state index in [1.807, 2.05) is 6.07 Å². The number of nitrogens with one attached hydrogen (secondary N) is 2. The van der Waals surface area contributed by atoms with Crippen molar-refractivity contribution in [3.05, 3.63) is 33.8 Å². The maximum absolute atomic E-state index is 12.2. The summed E-state index contributed by atoms with van der Waals surface area (Å²) in [6, 6.07) is 6.42. The molecule has 2 N–H and O–H groups in total. The zero-order valence-corrected chi connectivity index (χ0v) is 18.5. The minimum atomic E-state index is -0.306. The topological polar surface area (TPSA) is 76.7 Å². The van der Waals surface area contributed by atoms with Crippen molar-refractivity contribution in [2.75, 3.05) is 6.61 Å². The Bertz CT molecular complexity index is 691. The summed E-state index contributed by atoms with van der Waals surface area (Å²) < 4.78 is 6.49. The molecular formula is C22H31BrN2O4. The van der Waals surface area contributed by atoms with E-state index in [0.717, 1.165) is 62.3 Å². The molecular weight excluding hydrogens is 436 g/mol. The third-order valence-electron chi connectivity index (χ3n) is 5.52. The number of hydrogen-bond donors (Lipinski definition) is 2. The maximum Gasteiger partial charge on any atom is 0.243 e. The van der Waals surface area contributed by atoms with Crippen molar-refractivity contribution >= 4 is 27.7 Å². The fourth-order valence-corrected chi connectivity index (χ4v) is 4.32. The Balaban J connectivity index is 1.21. The monoisotopic (exact) mass is 466 g/mol. The molecule has 1 saturated heterocycles. The Kier molecular flexibility index (Phi) is 8.95. The second-order valence-electron chi connectivity index (χ2n) is 7.86. The van der Waals surface area contributed by atoms with E-state index in [4.69, 9.17) is 9.57 Å². The van der Waals surface area contributed by atoms with Crippen LogP contribution >= 0.6 is 15.9 Å². The number of benzene rings is 1. The van der Waals surface area contributed by atoms with E-state index >= 15 is 0 Å². The molecule has 1 aliphatic heterocycles. The van der Waals surface area contributed by atoms with E-state index in [2.05, 4.69) is 38.9 Å². The number of rotatable bonds is 10. The first kappa shape index (κ1) is 22.2. The molecule has 1 aromatic carbocycles. The number of carbonyl (C=O) groups is 2. The first-order chi connectivity index (χ1) is 14.1. The molecule has 2 amide bonds. The van der Waals surface area contributed by atoms with Crippen molar-refractivity contribution in [1.29, 1.82) is 0 Å². The highest BCUT2D eigenvalue weighted by Crippen LogP contribution is 2.33. The number of aryl methyl sites for hydroxylation is 1. The van der Waals surface area contributed by atoms with Gasteiger partial charge in [0.2, 0.25) is 11.8 Å². The summed E-state index contributed by atoms with van der Waals surface area (Å²) in [5.41, 5.74) is 5.05. The van der Waals surface area contributed by atoms with Gasteiger partial charge in [-0.15, -0.1) is 0 Å². The second kappa shape index (κ2) is 11.7. The van der Waals surface area contributed by atoms with Gasteiger partial charge in [0.1, 0.15) is 0 Å². The molecule has 6 nitrogen and oxygen atoms in total. The van der Waals surface area contributed by atoms with Crippen molar-refractivity contribution in [2.45, 2.75) is 83.0 Å². The molecule has 0 saturated carbocycles. The summed E-state index contributed by atoms with van der Waals surface area (Å²) in [6.45, 7) is 0.694. The molecule has 1 fully saturated rings. The Morgan fingerprint density at radius 3 is 2.62 bits per heavy atom. The highest BCUT2D eigenvalue weighted by Gasteiger charge is 2.23. The van der Waals surface area contributed by atoms with Gasteiger partial charge >= 0.3 is 0 Å². The number of amides is 2. The van der Waals surface area contributed by atoms with Crippen LogP contribution < -0.4 is 10.8 Å². The molecule has 1 aromatic rings. The molecule has 7 heteroatoms. The van der Waals surface area contributed by atoms with Crippen molar-refractivity contribution in [3.8, 4) is 0 Å². The number of hydroxylamine groups is 1. The third kappa shape index (κ3) is 7.39. The van der Waals surface area contributed by atoms with Crippen LogP contribution in [0.5, 0.6) is 0 Å². The van der Waals surface area contributed by atoms with Gasteiger partial charge in [0.15, 0.2) is 6.29 Å². The van der Waals surface area contributed by atoms with Crippen LogP contribution in [0.1, 0.15) is 81.4 Å². The Labute approximate surface area is 181 Å². The lowest BCUT2D eigenvalue weighted by atomic mass is 10.1. The zero-order chi connectivity index (χ0) is 20.5. The fraction of sp³-hybridized carbons (Fsp3) is 0.636. The van der Waals surface area contributed by atoms with Crippen LogP contribution in [0.25, 0.3) is 0 Å². The largest absolute Gasteiger partial charge is 0.350 e. The summed E-state index contributed by atoms with van der Waals surface area (Å²) in [6.07, 6.45) is 9.13. The number of carbonyl (C=O) groups excluding carboxylic acids is 2. The fourth-order valence-electron chi connectivity index (χ4n) is 3.91. The van der Waals surface area contributed by atoms with Gasteiger partial charge in [-0.1, -0.05) is 34.8 Å². The van der Waals surface area contributed by atoms with E-state index in [1.54, 1.807) is 0 Å². The van der Waals surface area contributed by atoms with Crippen molar-refractivity contribution < 1.29 is 19.2 Å². The molecule has 3 rings (SSSR count). The van der Waals surface area contributed by atoms with Crippen LogP contribution in [0.3, 0.4) is 0 Å². The summed E-state index contributed by atoms with van der Waals surface area (Å²) in [5, 5.41) is 3.16. The van der Waals surface area contributed by atoms with E-state index < -0.39 is 0 Å². The van der Waals surface area contributed by atoms with Crippen molar-refractivity contribution in [2.24, 2.45) is 0 Å². The molecule has 2 unspecified atom stereocenters. The van der Waals surface area contributed by atoms with E-state index in [-0.39, 0.29) is 24.1 Å². The molecule has 2 aliphatic rings. The highest BCUT2D eigenvalue weighted by molar-refractivity contribution is 9.10. The number of halogens is 1. The molecule has 0 aromatic heterocycles. The standard InChI is InChI=1S/C22H31BrN2O4/c23-17-11-12-18-16(15-17)10-13-19(18)24-20(26)7-3-1-2-4-8-21(27)25-29-22-9-5-6-14-28-22/h11-12,15,19,22H,1-10,13-14H2,(H,24,26)(H,25,27). The molecule has 0 radical (unpaired) electrons. The normalized spacial score (nSPS) is 20.9. The minimum Gasteiger partial charge on any atom is -0.350 e. The van der Waals surface area contributed by atoms with Crippen molar-refractivity contribution in [3.63, 3.8) is 0 Å². The van der Waals surface area contributed by atoms with Gasteiger partial charge in [0.05, 0.1) is 6.04 Å². The summed E-state index contributed by atoms with van der Waals surface area (Å²) in [5.74, 6) is 0.00726. The highest BCUT2D eigenvalue weighted by atomic mass is 79.9. The lowest BCUT2D eigenvalue weighted by Gasteiger charge is -2.22. The Morgan fingerprint density at radius 1 is 1.07 bits per heavy atom. The lowest BCUT2D eigenvalue weighted by Crippen LogP contribution is -2.32. The number of unbranched alkanes of at least 4 members (excludes halogenated alkanes) is 3. The summed E-state index contributed by atoms with van der Waals surface area (Å²) >= 11 is 3.50. The number of fused-ring (bicyclic) bond motifs is 1. The van der Waals surface area contributed by atoms with Gasteiger partial charge in [0.25, 0.3) is 0 Å². The minimum absolute atomic E-state index is 0.108. The third-order valence-corrected chi connectivity index (χ3v) is 6.01. The Morgan fingerprint density at radius 2 is 1.86 bits per heavy atom. The Hall–Kier alpha value is -1.44. The first-order valence-electron chi connectivity index (χ1n) is 10.8. The van der Waals surface area contributed by atoms with E-state index in [0.29, 0.717) is 19.4 Å². The number of hydrogen-bond acceptors (Lipinski definition) is 4. The van der Waals surface area contributed by atoms with Gasteiger partial charge in [-0.05, 0) is 61.8 Å². The molecule has 160 valence electrons. The van der Waals surface area contributed by atoms with Crippen LogP contribution in [0.4, 0.5) is 0 Å². The zero-order valence-electron chi connectivity index (χ0n) is 16.9.